The van der Waals surface area contributed by atoms with Gasteiger partial charge >= 0.3 is 0 Å². The summed E-state index contributed by atoms with van der Waals surface area (Å²) < 4.78 is 0. The van der Waals surface area contributed by atoms with Crippen molar-refractivity contribution in [1.29, 1.82) is 0 Å². The number of hydrogen-bond acceptors (Lipinski definition) is 4. The molecule has 0 aliphatic rings. The number of aromatic carboxylic acids is 1. The van der Waals surface area contributed by atoms with E-state index in [0.717, 1.165) is 5.39 Å². The zero-order valence-corrected chi connectivity index (χ0v) is 6.60. The molecule has 0 aliphatic heterocycles. The molecule has 64 valence electrons. The largest absolute Gasteiger partial charge is 0.543 e. The Kier molecular flexibility index (Phi) is 1.66. The first-order valence-electron chi connectivity index (χ1n) is 3.70. The number of carboxylic acid groups (broad SMARTS) is 1. The van der Waals surface area contributed by atoms with Gasteiger partial charge in [-0.1, -0.05) is 0 Å². The summed E-state index contributed by atoms with van der Waals surface area (Å²) in [6, 6.07) is 6.64. The monoisotopic (exact) mass is 173 g/mol. The third-order valence-electron chi connectivity index (χ3n) is 1.67. The SMILES string of the molecule is O=C([O-])c1ccc2cccnc2n1. The lowest BCUT2D eigenvalue weighted by Gasteiger charge is -2.01. The van der Waals surface area contributed by atoms with E-state index in [-0.39, 0.29) is 5.69 Å². The standard InChI is InChI=1S/C9H6N2O2/c12-9(13)7-4-3-6-2-1-5-10-8(6)11-7/h1-5H,(H,12,13)/p-1. The van der Waals surface area contributed by atoms with Gasteiger partial charge in [0.25, 0.3) is 0 Å². The Hall–Kier alpha value is -1.97. The molecule has 2 rings (SSSR count). The molecule has 0 spiro atoms. The van der Waals surface area contributed by atoms with Crippen LogP contribution >= 0.6 is 0 Å². The van der Waals surface area contributed by atoms with Gasteiger partial charge in [-0.05, 0) is 24.3 Å². The molecule has 0 saturated heterocycles. The minimum absolute atomic E-state index is 0.0915. The second-order valence-corrected chi connectivity index (χ2v) is 2.53. The number of hydrogen-bond donors (Lipinski definition) is 0. The van der Waals surface area contributed by atoms with Crippen LogP contribution in [-0.2, 0) is 0 Å². The van der Waals surface area contributed by atoms with Gasteiger partial charge < -0.3 is 9.90 Å². The maximum Gasteiger partial charge on any atom is 0.159 e. The first kappa shape index (κ1) is 7.67. The topological polar surface area (TPSA) is 65.9 Å². The number of nitrogens with zero attached hydrogens (tertiary/aromatic N) is 2. The number of carbonyl (C=O) groups is 1. The molecule has 2 aromatic rings. The fourth-order valence-electron chi connectivity index (χ4n) is 1.07. The molecule has 0 amide bonds. The molecule has 0 aliphatic carbocycles. The van der Waals surface area contributed by atoms with Gasteiger partial charge in [-0.3, -0.25) is 0 Å². The molecule has 4 heteroatoms. The van der Waals surface area contributed by atoms with E-state index in [1.165, 1.54) is 6.07 Å². The molecule has 0 atom stereocenters. The molecule has 0 aromatic carbocycles. The number of rotatable bonds is 1. The van der Waals surface area contributed by atoms with Crippen molar-refractivity contribution in [3.63, 3.8) is 0 Å². The van der Waals surface area contributed by atoms with Crippen molar-refractivity contribution < 1.29 is 9.90 Å². The van der Waals surface area contributed by atoms with E-state index < -0.39 is 5.97 Å². The van der Waals surface area contributed by atoms with Crippen LogP contribution in [0.2, 0.25) is 0 Å². The van der Waals surface area contributed by atoms with E-state index in [1.807, 2.05) is 6.07 Å². The van der Waals surface area contributed by atoms with Crippen LogP contribution in [0.15, 0.2) is 30.5 Å². The van der Waals surface area contributed by atoms with Crippen molar-refractivity contribution in [1.82, 2.24) is 9.97 Å². The zero-order valence-electron chi connectivity index (χ0n) is 6.60. The van der Waals surface area contributed by atoms with Gasteiger partial charge in [-0.25, -0.2) is 9.97 Å². The Morgan fingerprint density at radius 2 is 2.15 bits per heavy atom. The van der Waals surface area contributed by atoms with Crippen molar-refractivity contribution in [3.05, 3.63) is 36.2 Å². The summed E-state index contributed by atoms with van der Waals surface area (Å²) in [4.78, 5) is 18.2. The summed E-state index contributed by atoms with van der Waals surface area (Å²) in [5, 5.41) is 11.3. The summed E-state index contributed by atoms with van der Waals surface area (Å²) in [6.45, 7) is 0. The maximum atomic E-state index is 10.4. The lowest BCUT2D eigenvalue weighted by molar-refractivity contribution is -0.255. The van der Waals surface area contributed by atoms with Crippen LogP contribution in [0.5, 0.6) is 0 Å². The maximum absolute atomic E-state index is 10.4. The molecular weight excluding hydrogens is 168 g/mol. The first-order valence-corrected chi connectivity index (χ1v) is 3.70. The van der Waals surface area contributed by atoms with Crippen LogP contribution in [-0.4, -0.2) is 15.9 Å². The Bertz CT molecular complexity index is 468. The lowest BCUT2D eigenvalue weighted by atomic mass is 10.2. The first-order chi connectivity index (χ1) is 6.27. The minimum Gasteiger partial charge on any atom is -0.543 e. The van der Waals surface area contributed by atoms with Gasteiger partial charge in [0.05, 0.1) is 11.7 Å². The molecule has 4 nitrogen and oxygen atoms in total. The van der Waals surface area contributed by atoms with Crippen molar-refractivity contribution >= 4 is 17.0 Å². The van der Waals surface area contributed by atoms with E-state index in [2.05, 4.69) is 9.97 Å². The summed E-state index contributed by atoms with van der Waals surface area (Å²) in [6.07, 6.45) is 1.56. The van der Waals surface area contributed by atoms with Crippen molar-refractivity contribution in [2.45, 2.75) is 0 Å². The minimum atomic E-state index is -1.28. The van der Waals surface area contributed by atoms with Crippen LogP contribution in [0.1, 0.15) is 10.5 Å². The molecular formula is C9H5N2O2-. The molecule has 0 fully saturated rings. The zero-order chi connectivity index (χ0) is 9.26. The summed E-state index contributed by atoms with van der Waals surface area (Å²) in [5.41, 5.74) is 0.329. The highest BCUT2D eigenvalue weighted by atomic mass is 16.4. The van der Waals surface area contributed by atoms with Crippen LogP contribution < -0.4 is 5.11 Å². The van der Waals surface area contributed by atoms with E-state index >= 15 is 0 Å². The van der Waals surface area contributed by atoms with Gasteiger partial charge in [-0.2, -0.15) is 0 Å². The second kappa shape index (κ2) is 2.82. The Morgan fingerprint density at radius 1 is 1.31 bits per heavy atom. The number of carboxylic acids is 1. The summed E-state index contributed by atoms with van der Waals surface area (Å²) in [5.74, 6) is -1.28. The normalized spacial score (nSPS) is 10.2. The van der Waals surface area contributed by atoms with E-state index in [0.29, 0.717) is 5.65 Å². The van der Waals surface area contributed by atoms with E-state index in [1.54, 1.807) is 18.3 Å². The fourth-order valence-corrected chi connectivity index (χ4v) is 1.07. The molecule has 0 radical (unpaired) electrons. The third-order valence-corrected chi connectivity index (χ3v) is 1.67. The molecule has 13 heavy (non-hydrogen) atoms. The number of fused-ring (bicyclic) bond motifs is 1. The number of carbonyl (C=O) groups excluding carboxylic acids is 1. The van der Waals surface area contributed by atoms with Crippen molar-refractivity contribution in [2.24, 2.45) is 0 Å². The van der Waals surface area contributed by atoms with Crippen LogP contribution in [0.25, 0.3) is 11.0 Å². The Balaban J connectivity index is 2.69. The average molecular weight is 173 g/mol. The molecule has 0 bridgehead atoms. The smallest absolute Gasteiger partial charge is 0.159 e. The predicted molar refractivity (Wildman–Crippen MR) is 43.9 cm³/mol. The lowest BCUT2D eigenvalue weighted by Crippen LogP contribution is -2.23. The predicted octanol–water partition coefficient (Wildman–Crippen LogP) is -0.00670. The molecule has 0 N–H and O–H groups in total. The van der Waals surface area contributed by atoms with Crippen molar-refractivity contribution in [2.75, 3.05) is 0 Å². The van der Waals surface area contributed by atoms with Crippen LogP contribution in [0, 0.1) is 0 Å². The summed E-state index contributed by atoms with van der Waals surface area (Å²) >= 11 is 0. The van der Waals surface area contributed by atoms with Gasteiger partial charge in [0.1, 0.15) is 0 Å². The highest BCUT2D eigenvalue weighted by molar-refractivity contribution is 5.87. The highest BCUT2D eigenvalue weighted by Crippen LogP contribution is 2.08. The molecule has 2 aromatic heterocycles. The third kappa shape index (κ3) is 1.33. The van der Waals surface area contributed by atoms with Crippen LogP contribution in [0.4, 0.5) is 0 Å². The number of aromatic nitrogens is 2. The van der Waals surface area contributed by atoms with E-state index in [4.69, 9.17) is 0 Å². The molecule has 2 heterocycles. The van der Waals surface area contributed by atoms with Crippen LogP contribution in [0.3, 0.4) is 0 Å². The Morgan fingerprint density at radius 3 is 2.92 bits per heavy atom. The highest BCUT2D eigenvalue weighted by Gasteiger charge is 1.98. The second-order valence-electron chi connectivity index (χ2n) is 2.53. The van der Waals surface area contributed by atoms with E-state index in [9.17, 15) is 9.90 Å². The molecule has 0 unspecified atom stereocenters. The van der Waals surface area contributed by atoms with Gasteiger partial charge in [0, 0.05) is 11.6 Å². The summed E-state index contributed by atoms with van der Waals surface area (Å²) in [7, 11) is 0. The quantitative estimate of drug-likeness (QED) is 0.608. The number of pyridine rings is 2. The van der Waals surface area contributed by atoms with Crippen molar-refractivity contribution in [3.8, 4) is 0 Å². The van der Waals surface area contributed by atoms with Gasteiger partial charge in [0.15, 0.2) is 5.65 Å². The average Bonchev–Trinajstić information content (AvgIpc) is 2.17. The Labute approximate surface area is 73.9 Å². The fraction of sp³-hybridized carbons (Fsp3) is 0. The van der Waals surface area contributed by atoms with Gasteiger partial charge in [0.2, 0.25) is 0 Å². The molecule has 0 saturated carbocycles. The van der Waals surface area contributed by atoms with Gasteiger partial charge in [-0.15, -0.1) is 0 Å².